The van der Waals surface area contributed by atoms with Crippen molar-refractivity contribution in [1.82, 2.24) is 15.3 Å². The van der Waals surface area contributed by atoms with Gasteiger partial charge in [-0.2, -0.15) is 0 Å². The molecule has 0 unspecified atom stereocenters. The monoisotopic (exact) mass is 257 g/mol. The molecule has 0 aliphatic carbocycles. The first-order valence-electron chi connectivity index (χ1n) is 6.11. The second-order valence-corrected chi connectivity index (χ2v) is 4.16. The fourth-order valence-electron chi connectivity index (χ4n) is 1.69. The Morgan fingerprint density at radius 3 is 2.89 bits per heavy atom. The van der Waals surface area contributed by atoms with E-state index in [0.29, 0.717) is 12.1 Å². The maximum Gasteiger partial charge on any atom is 0.252 e. The van der Waals surface area contributed by atoms with Crippen LogP contribution in [0.5, 0.6) is 0 Å². The van der Waals surface area contributed by atoms with Crippen LogP contribution in [0.15, 0.2) is 47.7 Å². The molecule has 0 aromatic carbocycles. The molecule has 2 rings (SSSR count). The van der Waals surface area contributed by atoms with E-state index in [1.54, 1.807) is 6.20 Å². The van der Waals surface area contributed by atoms with Crippen molar-refractivity contribution in [2.24, 2.45) is 0 Å². The normalized spacial score (nSPS) is 10.1. The summed E-state index contributed by atoms with van der Waals surface area (Å²) in [7, 11) is 0. The van der Waals surface area contributed by atoms with Gasteiger partial charge in [0.25, 0.3) is 5.91 Å². The van der Waals surface area contributed by atoms with Crippen molar-refractivity contribution in [3.8, 4) is 0 Å². The highest BCUT2D eigenvalue weighted by Gasteiger charge is 2.04. The van der Waals surface area contributed by atoms with Crippen LogP contribution in [-0.4, -0.2) is 22.4 Å². The molecule has 98 valence electrons. The molecule has 0 saturated carbocycles. The van der Waals surface area contributed by atoms with Gasteiger partial charge in [0, 0.05) is 31.2 Å². The molecule has 1 amide bonds. The summed E-state index contributed by atoms with van der Waals surface area (Å²) in [6, 6.07) is 6.75. The van der Waals surface area contributed by atoms with Gasteiger partial charge in [-0.15, -0.1) is 0 Å². The molecule has 0 radical (unpaired) electrons. The smallest absolute Gasteiger partial charge is 0.252 e. The van der Waals surface area contributed by atoms with Gasteiger partial charge in [0.05, 0.1) is 5.56 Å². The van der Waals surface area contributed by atoms with Gasteiger partial charge in [-0.25, -0.2) is 0 Å². The van der Waals surface area contributed by atoms with Gasteiger partial charge in [0.15, 0.2) is 0 Å². The van der Waals surface area contributed by atoms with Gasteiger partial charge in [-0.3, -0.25) is 14.6 Å². The third-order valence-electron chi connectivity index (χ3n) is 2.70. The zero-order chi connectivity index (χ0) is 13.5. The van der Waals surface area contributed by atoms with Gasteiger partial charge >= 0.3 is 0 Å². The van der Waals surface area contributed by atoms with E-state index in [2.05, 4.69) is 15.3 Å². The number of carbonyl (C=O) groups is 1. The van der Waals surface area contributed by atoms with E-state index in [4.69, 9.17) is 0 Å². The zero-order valence-corrected chi connectivity index (χ0v) is 10.4. The Hall–Kier alpha value is -2.43. The molecule has 5 nitrogen and oxygen atoms in total. The van der Waals surface area contributed by atoms with Crippen LogP contribution >= 0.6 is 0 Å². The maximum atomic E-state index is 11.7. The van der Waals surface area contributed by atoms with Gasteiger partial charge in [0.1, 0.15) is 0 Å². The molecule has 2 aromatic rings. The summed E-state index contributed by atoms with van der Waals surface area (Å²) in [4.78, 5) is 29.1. The lowest BCUT2D eigenvalue weighted by atomic mass is 10.1. The second kappa shape index (κ2) is 6.49. The molecule has 0 bridgehead atoms. The number of nitrogens with zero attached hydrogens (tertiary/aromatic N) is 1. The average Bonchev–Trinajstić information content (AvgIpc) is 2.45. The summed E-state index contributed by atoms with van der Waals surface area (Å²) in [5.41, 5.74) is 1.40. The predicted octanol–water partition coefficient (Wildman–Crippen LogP) is 1.13. The van der Waals surface area contributed by atoms with E-state index in [1.807, 2.05) is 18.3 Å². The number of nitrogens with one attached hydrogen (secondary N) is 2. The fraction of sp³-hybridized carbons (Fsp3) is 0.214. The van der Waals surface area contributed by atoms with Gasteiger partial charge in [-0.05, 0) is 30.5 Å². The molecule has 2 N–H and O–H groups in total. The highest BCUT2D eigenvalue weighted by atomic mass is 16.1. The third kappa shape index (κ3) is 4.06. The van der Waals surface area contributed by atoms with Gasteiger partial charge in [0.2, 0.25) is 5.56 Å². The Bertz CT molecular complexity index is 573. The quantitative estimate of drug-likeness (QED) is 0.788. The van der Waals surface area contributed by atoms with E-state index in [0.717, 1.165) is 18.4 Å². The number of hydrogen-bond acceptors (Lipinski definition) is 3. The van der Waals surface area contributed by atoms with Crippen molar-refractivity contribution in [3.63, 3.8) is 0 Å². The number of amides is 1. The summed E-state index contributed by atoms with van der Waals surface area (Å²) < 4.78 is 0. The molecule has 0 aliphatic rings. The largest absolute Gasteiger partial charge is 0.352 e. The van der Waals surface area contributed by atoms with Crippen LogP contribution in [0.3, 0.4) is 0 Å². The number of aromatic nitrogens is 2. The SMILES string of the molecule is O=C(NCCCc1cccnc1)c1ccc(=O)[nH]c1. The van der Waals surface area contributed by atoms with Crippen molar-refractivity contribution in [2.75, 3.05) is 6.54 Å². The predicted molar refractivity (Wildman–Crippen MR) is 72.0 cm³/mol. The van der Waals surface area contributed by atoms with Crippen LogP contribution in [0.4, 0.5) is 0 Å². The number of aromatic amines is 1. The number of carbonyl (C=O) groups excluding carboxylic acids is 1. The molecular weight excluding hydrogens is 242 g/mol. The number of rotatable bonds is 5. The Morgan fingerprint density at radius 2 is 2.21 bits per heavy atom. The standard InChI is InChI=1S/C14H15N3O2/c18-13-6-5-12(10-17-13)14(19)16-8-2-4-11-3-1-7-15-9-11/h1,3,5-7,9-10H,2,4,8H2,(H,16,19)(H,17,18). The Labute approximate surface area is 110 Å². The molecule has 5 heteroatoms. The van der Waals surface area contributed by atoms with Crippen molar-refractivity contribution in [2.45, 2.75) is 12.8 Å². The molecule has 2 heterocycles. The van der Waals surface area contributed by atoms with Crippen LogP contribution in [0.2, 0.25) is 0 Å². The van der Waals surface area contributed by atoms with Crippen LogP contribution in [0, 0.1) is 0 Å². The van der Waals surface area contributed by atoms with E-state index in [-0.39, 0.29) is 11.5 Å². The average molecular weight is 257 g/mol. The lowest BCUT2D eigenvalue weighted by Crippen LogP contribution is -2.25. The highest BCUT2D eigenvalue weighted by Crippen LogP contribution is 2.00. The third-order valence-corrected chi connectivity index (χ3v) is 2.70. The van der Waals surface area contributed by atoms with Crippen molar-refractivity contribution < 1.29 is 4.79 Å². The number of hydrogen-bond donors (Lipinski definition) is 2. The van der Waals surface area contributed by atoms with Crippen molar-refractivity contribution in [3.05, 3.63) is 64.3 Å². The number of aryl methyl sites for hydroxylation is 1. The van der Waals surface area contributed by atoms with Crippen LogP contribution in [0.1, 0.15) is 22.3 Å². The molecule has 0 aliphatic heterocycles. The molecule has 0 spiro atoms. The fourth-order valence-corrected chi connectivity index (χ4v) is 1.69. The van der Waals surface area contributed by atoms with E-state index in [1.165, 1.54) is 18.3 Å². The minimum Gasteiger partial charge on any atom is -0.352 e. The second-order valence-electron chi connectivity index (χ2n) is 4.16. The summed E-state index contributed by atoms with van der Waals surface area (Å²) in [6.07, 6.45) is 6.70. The van der Waals surface area contributed by atoms with Crippen molar-refractivity contribution >= 4 is 5.91 Å². The minimum atomic E-state index is -0.215. The zero-order valence-electron chi connectivity index (χ0n) is 10.4. The van der Waals surface area contributed by atoms with Crippen molar-refractivity contribution in [1.29, 1.82) is 0 Å². The maximum absolute atomic E-state index is 11.7. The van der Waals surface area contributed by atoms with E-state index in [9.17, 15) is 9.59 Å². The number of H-pyrrole nitrogens is 1. The van der Waals surface area contributed by atoms with E-state index < -0.39 is 0 Å². The molecule has 0 atom stereocenters. The van der Waals surface area contributed by atoms with E-state index >= 15 is 0 Å². The summed E-state index contributed by atoms with van der Waals surface area (Å²) in [6.45, 7) is 0.590. The molecule has 2 aromatic heterocycles. The first-order chi connectivity index (χ1) is 9.25. The Balaban J connectivity index is 1.75. The highest BCUT2D eigenvalue weighted by molar-refractivity contribution is 5.93. The first-order valence-corrected chi connectivity index (χ1v) is 6.11. The van der Waals surface area contributed by atoms with Crippen LogP contribution in [-0.2, 0) is 6.42 Å². The lowest BCUT2D eigenvalue weighted by molar-refractivity contribution is 0.0953. The minimum absolute atomic E-state index is 0.178. The molecule has 0 saturated heterocycles. The molecule has 19 heavy (non-hydrogen) atoms. The Morgan fingerprint density at radius 1 is 1.32 bits per heavy atom. The first kappa shape index (κ1) is 13.0. The molecular formula is C14H15N3O2. The van der Waals surface area contributed by atoms with Gasteiger partial charge < -0.3 is 10.3 Å². The number of pyridine rings is 2. The van der Waals surface area contributed by atoms with Gasteiger partial charge in [-0.1, -0.05) is 6.07 Å². The van der Waals surface area contributed by atoms with Crippen LogP contribution in [0.25, 0.3) is 0 Å². The summed E-state index contributed by atoms with van der Waals surface area (Å²) in [5, 5.41) is 2.81. The Kier molecular flexibility index (Phi) is 4.44. The van der Waals surface area contributed by atoms with Crippen LogP contribution < -0.4 is 10.9 Å². The molecule has 0 fully saturated rings. The topological polar surface area (TPSA) is 74.8 Å². The summed E-state index contributed by atoms with van der Waals surface area (Å²) >= 11 is 0. The lowest BCUT2D eigenvalue weighted by Gasteiger charge is -2.04. The summed E-state index contributed by atoms with van der Waals surface area (Å²) in [5.74, 6) is -0.178.